The number of guanidine groups is 1. The fourth-order valence-electron chi connectivity index (χ4n) is 1.14. The van der Waals surface area contributed by atoms with E-state index in [-0.39, 0.29) is 5.96 Å². The Morgan fingerprint density at radius 1 is 1.12 bits per heavy atom. The lowest BCUT2D eigenvalue weighted by Gasteiger charge is -2.04. The zero-order chi connectivity index (χ0) is 12.7. The van der Waals surface area contributed by atoms with Gasteiger partial charge in [0.05, 0.1) is 5.70 Å². The van der Waals surface area contributed by atoms with Crippen molar-refractivity contribution in [2.45, 2.75) is 27.7 Å². The molecule has 0 spiro atoms. The first-order valence-corrected chi connectivity index (χ1v) is 5.37. The van der Waals surface area contributed by atoms with Gasteiger partial charge in [-0.3, -0.25) is 0 Å². The van der Waals surface area contributed by atoms with Gasteiger partial charge in [0.15, 0.2) is 5.96 Å². The average molecular weight is 219 g/mol. The molecule has 0 unspecified atom stereocenters. The smallest absolute Gasteiger partial charge is 0.191 e. The Labute approximate surface area is 97.9 Å². The van der Waals surface area contributed by atoms with E-state index in [9.17, 15) is 0 Å². The first kappa shape index (κ1) is 14.2. The maximum absolute atomic E-state index is 5.27. The van der Waals surface area contributed by atoms with Crippen molar-refractivity contribution in [1.82, 2.24) is 0 Å². The molecule has 1 aromatic carbocycles. The molecule has 3 nitrogen and oxygen atoms in total. The molecule has 0 aliphatic heterocycles. The van der Waals surface area contributed by atoms with E-state index < -0.39 is 0 Å². The second kappa shape index (κ2) is 6.67. The second-order valence-corrected chi connectivity index (χ2v) is 3.28. The molecule has 0 bridgehead atoms. The summed E-state index contributed by atoms with van der Waals surface area (Å²) in [5, 5.41) is 0. The summed E-state index contributed by atoms with van der Waals surface area (Å²) in [5.41, 5.74) is 14.5. The Kier molecular flexibility index (Phi) is 5.93. The number of hydrogen-bond acceptors (Lipinski definition) is 1. The fraction of sp³-hybridized carbons (Fsp3) is 0.308. The lowest BCUT2D eigenvalue weighted by Crippen LogP contribution is -2.22. The summed E-state index contributed by atoms with van der Waals surface area (Å²) in [6, 6.07) is 6.00. The van der Waals surface area contributed by atoms with Crippen molar-refractivity contribution in [3.05, 3.63) is 41.5 Å². The van der Waals surface area contributed by atoms with Gasteiger partial charge < -0.3 is 11.5 Å². The third kappa shape index (κ3) is 4.17. The van der Waals surface area contributed by atoms with E-state index in [0.29, 0.717) is 5.70 Å². The number of benzene rings is 1. The third-order valence-electron chi connectivity index (χ3n) is 2.10. The van der Waals surface area contributed by atoms with Gasteiger partial charge in [0.1, 0.15) is 0 Å². The van der Waals surface area contributed by atoms with Crippen LogP contribution in [0.3, 0.4) is 0 Å². The molecule has 0 heterocycles. The SMILES string of the molecule is C=C(N=C(N)N)c1ccc(C)c(C)c1.CC. The van der Waals surface area contributed by atoms with Gasteiger partial charge >= 0.3 is 0 Å². The van der Waals surface area contributed by atoms with Crippen LogP contribution in [0.5, 0.6) is 0 Å². The van der Waals surface area contributed by atoms with Crippen molar-refractivity contribution in [3.8, 4) is 0 Å². The van der Waals surface area contributed by atoms with Crippen LogP contribution < -0.4 is 11.5 Å². The van der Waals surface area contributed by atoms with Crippen LogP contribution in [0.15, 0.2) is 29.8 Å². The highest BCUT2D eigenvalue weighted by Gasteiger charge is 1.99. The van der Waals surface area contributed by atoms with Gasteiger partial charge in [-0.2, -0.15) is 0 Å². The molecule has 0 amide bonds. The molecule has 0 aliphatic rings. The first-order chi connectivity index (χ1) is 7.50. The van der Waals surface area contributed by atoms with Crippen molar-refractivity contribution in [2.75, 3.05) is 0 Å². The number of nitrogens with two attached hydrogens (primary N) is 2. The van der Waals surface area contributed by atoms with E-state index >= 15 is 0 Å². The number of hydrogen-bond donors (Lipinski definition) is 2. The Hall–Kier alpha value is -1.77. The van der Waals surface area contributed by atoms with Crippen LogP contribution in [0, 0.1) is 13.8 Å². The van der Waals surface area contributed by atoms with Gasteiger partial charge in [-0.05, 0) is 36.6 Å². The summed E-state index contributed by atoms with van der Waals surface area (Å²) in [4.78, 5) is 3.90. The standard InChI is InChI=1S/C11H15N3.C2H6/c1-7-4-5-10(6-8(7)2)9(3)14-11(12)13;1-2/h4-6H,3H2,1-2H3,(H4,12,13,14);1-2H3. The van der Waals surface area contributed by atoms with Crippen LogP contribution in [0.2, 0.25) is 0 Å². The largest absolute Gasteiger partial charge is 0.370 e. The van der Waals surface area contributed by atoms with Gasteiger partial charge in [-0.25, -0.2) is 4.99 Å². The number of aliphatic imine (C=N–C) groups is 1. The number of aryl methyl sites for hydroxylation is 2. The van der Waals surface area contributed by atoms with Crippen molar-refractivity contribution in [3.63, 3.8) is 0 Å². The topological polar surface area (TPSA) is 64.4 Å². The maximum Gasteiger partial charge on any atom is 0.191 e. The first-order valence-electron chi connectivity index (χ1n) is 5.37. The van der Waals surface area contributed by atoms with E-state index in [1.165, 1.54) is 11.1 Å². The molecular weight excluding hydrogens is 198 g/mol. The molecule has 0 atom stereocenters. The minimum atomic E-state index is 0.0354. The molecule has 16 heavy (non-hydrogen) atoms. The molecule has 0 saturated heterocycles. The Bertz CT molecular complexity index is 388. The average Bonchev–Trinajstić information content (AvgIpc) is 2.24. The molecule has 0 fully saturated rings. The van der Waals surface area contributed by atoms with Crippen LogP contribution in [0.1, 0.15) is 30.5 Å². The van der Waals surface area contributed by atoms with Crippen LogP contribution >= 0.6 is 0 Å². The van der Waals surface area contributed by atoms with E-state index in [4.69, 9.17) is 11.5 Å². The third-order valence-corrected chi connectivity index (χ3v) is 2.10. The summed E-state index contributed by atoms with van der Waals surface area (Å²) in [5.74, 6) is 0.0354. The quantitative estimate of drug-likeness (QED) is 0.593. The van der Waals surface area contributed by atoms with Crippen LogP contribution in [0.25, 0.3) is 5.70 Å². The van der Waals surface area contributed by atoms with Crippen molar-refractivity contribution < 1.29 is 0 Å². The predicted octanol–water partition coefficient (Wildman–Crippen LogP) is 2.57. The number of nitrogens with zero attached hydrogens (tertiary/aromatic N) is 1. The molecule has 1 rings (SSSR count). The Morgan fingerprint density at radius 3 is 2.12 bits per heavy atom. The molecule has 0 saturated carbocycles. The fourth-order valence-corrected chi connectivity index (χ4v) is 1.14. The predicted molar refractivity (Wildman–Crippen MR) is 72.1 cm³/mol. The summed E-state index contributed by atoms with van der Waals surface area (Å²) < 4.78 is 0. The molecule has 88 valence electrons. The summed E-state index contributed by atoms with van der Waals surface area (Å²) in [7, 11) is 0. The lowest BCUT2D eigenvalue weighted by atomic mass is 10.1. The molecule has 1 aromatic rings. The maximum atomic E-state index is 5.27. The number of rotatable bonds is 2. The second-order valence-electron chi connectivity index (χ2n) is 3.28. The molecule has 0 aliphatic carbocycles. The van der Waals surface area contributed by atoms with Gasteiger partial charge in [0, 0.05) is 0 Å². The van der Waals surface area contributed by atoms with Gasteiger partial charge in [-0.1, -0.05) is 32.6 Å². The van der Waals surface area contributed by atoms with E-state index in [1.807, 2.05) is 39.0 Å². The summed E-state index contributed by atoms with van der Waals surface area (Å²) in [6.45, 7) is 11.9. The van der Waals surface area contributed by atoms with Crippen LogP contribution in [-0.4, -0.2) is 5.96 Å². The molecule has 0 aromatic heterocycles. The van der Waals surface area contributed by atoms with Crippen LogP contribution in [0.4, 0.5) is 0 Å². The summed E-state index contributed by atoms with van der Waals surface area (Å²) >= 11 is 0. The zero-order valence-corrected chi connectivity index (χ0v) is 10.5. The van der Waals surface area contributed by atoms with Gasteiger partial charge in [0.25, 0.3) is 0 Å². The minimum Gasteiger partial charge on any atom is -0.370 e. The monoisotopic (exact) mass is 219 g/mol. The highest BCUT2D eigenvalue weighted by molar-refractivity contribution is 5.83. The van der Waals surface area contributed by atoms with E-state index in [2.05, 4.69) is 18.5 Å². The van der Waals surface area contributed by atoms with Crippen molar-refractivity contribution in [1.29, 1.82) is 0 Å². The van der Waals surface area contributed by atoms with Crippen molar-refractivity contribution >= 4 is 11.7 Å². The Morgan fingerprint density at radius 2 is 1.69 bits per heavy atom. The van der Waals surface area contributed by atoms with Gasteiger partial charge in [0.2, 0.25) is 0 Å². The lowest BCUT2D eigenvalue weighted by molar-refractivity contribution is 1.32. The molecule has 3 heteroatoms. The van der Waals surface area contributed by atoms with Gasteiger partial charge in [-0.15, -0.1) is 0 Å². The normalized spacial score (nSPS) is 8.75. The molecular formula is C13H21N3. The minimum absolute atomic E-state index is 0.0354. The van der Waals surface area contributed by atoms with E-state index in [1.54, 1.807) is 0 Å². The van der Waals surface area contributed by atoms with Crippen molar-refractivity contribution in [2.24, 2.45) is 16.5 Å². The highest BCUT2D eigenvalue weighted by Crippen LogP contribution is 2.17. The molecule has 4 N–H and O–H groups in total. The van der Waals surface area contributed by atoms with Crippen LogP contribution in [-0.2, 0) is 0 Å². The Balaban J connectivity index is 0.00000106. The summed E-state index contributed by atoms with van der Waals surface area (Å²) in [6.07, 6.45) is 0. The molecule has 0 radical (unpaired) electrons. The zero-order valence-electron chi connectivity index (χ0n) is 10.5. The van der Waals surface area contributed by atoms with E-state index in [0.717, 1.165) is 5.56 Å². The highest BCUT2D eigenvalue weighted by atomic mass is 15.0.